The van der Waals surface area contributed by atoms with Crippen molar-refractivity contribution in [2.75, 3.05) is 26.2 Å². The first-order valence-electron chi connectivity index (χ1n) is 5.53. The molecule has 0 fully saturated rings. The van der Waals surface area contributed by atoms with E-state index in [1.807, 2.05) is 24.9 Å². The Bertz CT molecular complexity index is 328. The van der Waals surface area contributed by atoms with Crippen LogP contribution in [0.1, 0.15) is 23.6 Å². The average molecular weight is 239 g/mol. The van der Waals surface area contributed by atoms with E-state index in [0.717, 1.165) is 12.2 Å². The molecule has 0 radical (unpaired) electrons. The molecule has 1 atom stereocenters. The smallest absolute Gasteiger partial charge is 0.119 e. The maximum Gasteiger partial charge on any atom is 0.119 e. The van der Waals surface area contributed by atoms with Crippen LogP contribution in [-0.4, -0.2) is 26.2 Å². The van der Waals surface area contributed by atoms with E-state index in [-0.39, 0.29) is 0 Å². The fraction of sp³-hybridized carbons (Fsp3) is 0.538. The monoisotopic (exact) mass is 239 g/mol. The van der Waals surface area contributed by atoms with E-state index in [1.165, 1.54) is 16.9 Å². The van der Waals surface area contributed by atoms with Gasteiger partial charge in [-0.15, -0.1) is 0 Å². The predicted molar refractivity (Wildman–Crippen MR) is 72.5 cm³/mol. The molecule has 0 saturated heterocycles. The highest BCUT2D eigenvalue weighted by Gasteiger charge is 2.11. The van der Waals surface area contributed by atoms with Crippen molar-refractivity contribution in [2.24, 2.45) is 0 Å². The van der Waals surface area contributed by atoms with E-state index in [2.05, 4.69) is 30.6 Å². The Morgan fingerprint density at radius 1 is 1.44 bits per heavy atom. The van der Waals surface area contributed by atoms with Gasteiger partial charge in [-0.1, -0.05) is 6.07 Å². The van der Waals surface area contributed by atoms with Crippen LogP contribution in [0.2, 0.25) is 0 Å². The van der Waals surface area contributed by atoms with Crippen LogP contribution in [0.4, 0.5) is 0 Å². The van der Waals surface area contributed by atoms with Crippen molar-refractivity contribution < 1.29 is 4.74 Å². The fourth-order valence-electron chi connectivity index (χ4n) is 1.86. The van der Waals surface area contributed by atoms with Gasteiger partial charge < -0.3 is 10.1 Å². The van der Waals surface area contributed by atoms with Gasteiger partial charge in [-0.2, -0.15) is 11.8 Å². The Morgan fingerprint density at radius 2 is 2.19 bits per heavy atom. The van der Waals surface area contributed by atoms with Crippen molar-refractivity contribution in [1.82, 2.24) is 5.32 Å². The van der Waals surface area contributed by atoms with Crippen LogP contribution in [0.3, 0.4) is 0 Å². The first-order chi connectivity index (χ1) is 7.72. The van der Waals surface area contributed by atoms with Crippen LogP contribution in [0.15, 0.2) is 18.2 Å². The second-order valence-electron chi connectivity index (χ2n) is 3.85. The van der Waals surface area contributed by atoms with E-state index < -0.39 is 0 Å². The number of benzene rings is 1. The van der Waals surface area contributed by atoms with Gasteiger partial charge in [0.15, 0.2) is 0 Å². The van der Waals surface area contributed by atoms with Gasteiger partial charge in [0.1, 0.15) is 5.75 Å². The van der Waals surface area contributed by atoms with Crippen LogP contribution >= 0.6 is 11.8 Å². The standard InChI is InChI=1S/C13H21NOS/c1-10-9-11(15-3)5-6-12(10)13(14-2)7-8-16-4/h5-6,9,13-14H,7-8H2,1-4H3. The number of ether oxygens (including phenoxy) is 1. The molecule has 16 heavy (non-hydrogen) atoms. The summed E-state index contributed by atoms with van der Waals surface area (Å²) in [5.74, 6) is 2.11. The number of rotatable bonds is 6. The van der Waals surface area contributed by atoms with E-state index in [4.69, 9.17) is 4.74 Å². The highest BCUT2D eigenvalue weighted by molar-refractivity contribution is 7.98. The first kappa shape index (κ1) is 13.4. The molecule has 0 bridgehead atoms. The predicted octanol–water partition coefficient (Wildman–Crippen LogP) is 3.02. The Hall–Kier alpha value is -0.670. The molecule has 0 amide bonds. The Morgan fingerprint density at radius 3 is 2.69 bits per heavy atom. The molecule has 0 aliphatic carbocycles. The molecular weight excluding hydrogens is 218 g/mol. The summed E-state index contributed by atoms with van der Waals surface area (Å²) in [7, 11) is 3.73. The van der Waals surface area contributed by atoms with Crippen LogP contribution < -0.4 is 10.1 Å². The molecule has 1 unspecified atom stereocenters. The topological polar surface area (TPSA) is 21.3 Å². The maximum atomic E-state index is 5.22. The minimum Gasteiger partial charge on any atom is -0.497 e. The fourth-order valence-corrected chi connectivity index (χ4v) is 2.33. The van der Waals surface area contributed by atoms with Gasteiger partial charge in [-0.05, 0) is 55.7 Å². The van der Waals surface area contributed by atoms with Gasteiger partial charge in [0, 0.05) is 6.04 Å². The van der Waals surface area contributed by atoms with Crippen molar-refractivity contribution in [1.29, 1.82) is 0 Å². The molecule has 0 aliphatic rings. The van der Waals surface area contributed by atoms with E-state index in [0.29, 0.717) is 6.04 Å². The molecule has 2 nitrogen and oxygen atoms in total. The Kier molecular flexibility index (Phi) is 5.71. The number of methoxy groups -OCH3 is 1. The van der Waals surface area contributed by atoms with Gasteiger partial charge in [0.2, 0.25) is 0 Å². The SMILES string of the molecule is CNC(CCSC)c1ccc(OC)cc1C. The van der Waals surface area contributed by atoms with Crippen LogP contribution in [-0.2, 0) is 0 Å². The highest BCUT2D eigenvalue weighted by Crippen LogP contribution is 2.25. The molecule has 1 aromatic carbocycles. The van der Waals surface area contributed by atoms with Crippen LogP contribution in [0, 0.1) is 6.92 Å². The molecular formula is C13H21NOS. The van der Waals surface area contributed by atoms with Crippen LogP contribution in [0.5, 0.6) is 5.75 Å². The lowest BCUT2D eigenvalue weighted by Gasteiger charge is -2.19. The summed E-state index contributed by atoms with van der Waals surface area (Å²) in [5, 5.41) is 3.38. The Balaban J connectivity index is 2.83. The minimum atomic E-state index is 0.443. The third kappa shape index (κ3) is 3.42. The molecule has 0 spiro atoms. The van der Waals surface area contributed by atoms with E-state index >= 15 is 0 Å². The van der Waals surface area contributed by atoms with Crippen molar-refractivity contribution in [3.8, 4) is 5.75 Å². The zero-order valence-electron chi connectivity index (χ0n) is 10.5. The summed E-state index contributed by atoms with van der Waals surface area (Å²) in [6.45, 7) is 2.14. The average Bonchev–Trinajstić information content (AvgIpc) is 2.31. The van der Waals surface area contributed by atoms with Crippen molar-refractivity contribution in [3.63, 3.8) is 0 Å². The first-order valence-corrected chi connectivity index (χ1v) is 6.93. The lowest BCUT2D eigenvalue weighted by Crippen LogP contribution is -2.18. The molecule has 1 rings (SSSR count). The third-order valence-electron chi connectivity index (χ3n) is 2.81. The van der Waals surface area contributed by atoms with Gasteiger partial charge in [0.05, 0.1) is 7.11 Å². The second kappa shape index (κ2) is 6.81. The Labute approximate surface area is 103 Å². The lowest BCUT2D eigenvalue weighted by atomic mass is 9.99. The molecule has 90 valence electrons. The van der Waals surface area contributed by atoms with Crippen molar-refractivity contribution in [2.45, 2.75) is 19.4 Å². The summed E-state index contributed by atoms with van der Waals surface area (Å²) >= 11 is 1.89. The summed E-state index contributed by atoms with van der Waals surface area (Å²) in [4.78, 5) is 0. The summed E-state index contributed by atoms with van der Waals surface area (Å²) in [6, 6.07) is 6.73. The zero-order chi connectivity index (χ0) is 12.0. The summed E-state index contributed by atoms with van der Waals surface area (Å²) < 4.78 is 5.22. The van der Waals surface area contributed by atoms with E-state index in [1.54, 1.807) is 7.11 Å². The summed E-state index contributed by atoms with van der Waals surface area (Å²) in [5.41, 5.74) is 2.66. The summed E-state index contributed by atoms with van der Waals surface area (Å²) in [6.07, 6.45) is 3.30. The quantitative estimate of drug-likeness (QED) is 0.824. The number of aryl methyl sites for hydroxylation is 1. The molecule has 0 aromatic heterocycles. The minimum absolute atomic E-state index is 0.443. The van der Waals surface area contributed by atoms with Gasteiger partial charge in [-0.25, -0.2) is 0 Å². The third-order valence-corrected chi connectivity index (χ3v) is 3.46. The molecule has 3 heteroatoms. The molecule has 0 aliphatic heterocycles. The molecule has 1 aromatic rings. The van der Waals surface area contributed by atoms with E-state index in [9.17, 15) is 0 Å². The maximum absolute atomic E-state index is 5.22. The molecule has 0 heterocycles. The van der Waals surface area contributed by atoms with Crippen LogP contribution in [0.25, 0.3) is 0 Å². The van der Waals surface area contributed by atoms with Gasteiger partial charge in [0.25, 0.3) is 0 Å². The number of thioether (sulfide) groups is 1. The van der Waals surface area contributed by atoms with Gasteiger partial charge in [-0.3, -0.25) is 0 Å². The highest BCUT2D eigenvalue weighted by atomic mass is 32.2. The number of hydrogen-bond acceptors (Lipinski definition) is 3. The number of hydrogen-bond donors (Lipinski definition) is 1. The second-order valence-corrected chi connectivity index (χ2v) is 4.83. The molecule has 0 saturated carbocycles. The largest absolute Gasteiger partial charge is 0.497 e. The van der Waals surface area contributed by atoms with Crippen molar-refractivity contribution >= 4 is 11.8 Å². The van der Waals surface area contributed by atoms with Gasteiger partial charge >= 0.3 is 0 Å². The zero-order valence-corrected chi connectivity index (χ0v) is 11.4. The number of nitrogens with one attached hydrogen (secondary N) is 1. The molecule has 1 N–H and O–H groups in total. The van der Waals surface area contributed by atoms with Crippen molar-refractivity contribution in [3.05, 3.63) is 29.3 Å². The lowest BCUT2D eigenvalue weighted by molar-refractivity contribution is 0.414. The normalized spacial score (nSPS) is 12.5.